The first-order valence-corrected chi connectivity index (χ1v) is 12.6. The fourth-order valence-electron chi connectivity index (χ4n) is 4.55. The quantitative estimate of drug-likeness (QED) is 0.771. The van der Waals surface area contributed by atoms with E-state index in [0.717, 1.165) is 24.9 Å². The van der Waals surface area contributed by atoms with Gasteiger partial charge in [-0.2, -0.15) is 4.31 Å². The lowest BCUT2D eigenvalue weighted by atomic mass is 9.86. The molecule has 31 heavy (non-hydrogen) atoms. The van der Waals surface area contributed by atoms with E-state index in [-0.39, 0.29) is 16.8 Å². The molecule has 2 aliphatic rings. The number of piperazine rings is 1. The Labute approximate surface area is 185 Å². The summed E-state index contributed by atoms with van der Waals surface area (Å²) >= 11 is 0. The maximum Gasteiger partial charge on any atom is 0.251 e. The maximum absolute atomic E-state index is 13.2. The van der Waals surface area contributed by atoms with Gasteiger partial charge in [-0.15, -0.1) is 0 Å². The Hall–Kier alpha value is -2.38. The molecule has 7 heteroatoms. The fourth-order valence-corrected chi connectivity index (χ4v) is 6.02. The number of para-hydroxylation sites is 1. The minimum Gasteiger partial charge on any atom is -0.369 e. The molecule has 6 nitrogen and oxygen atoms in total. The van der Waals surface area contributed by atoms with Gasteiger partial charge in [-0.3, -0.25) is 4.79 Å². The molecule has 2 aromatic carbocycles. The molecule has 1 saturated carbocycles. The van der Waals surface area contributed by atoms with Crippen LogP contribution in [0, 0.1) is 5.92 Å². The third kappa shape index (κ3) is 4.93. The van der Waals surface area contributed by atoms with Crippen LogP contribution in [0.4, 0.5) is 5.69 Å². The van der Waals surface area contributed by atoms with Crippen molar-refractivity contribution in [2.24, 2.45) is 5.92 Å². The van der Waals surface area contributed by atoms with Crippen molar-refractivity contribution in [3.8, 4) is 0 Å². The summed E-state index contributed by atoms with van der Waals surface area (Å²) in [5.74, 6) is 0.259. The van der Waals surface area contributed by atoms with E-state index in [4.69, 9.17) is 0 Å². The number of hydrogen-bond donors (Lipinski definition) is 1. The molecule has 0 radical (unpaired) electrons. The van der Waals surface area contributed by atoms with E-state index >= 15 is 0 Å². The summed E-state index contributed by atoms with van der Waals surface area (Å²) in [5, 5.41) is 3.11. The van der Waals surface area contributed by atoms with Crippen LogP contribution in [0.3, 0.4) is 0 Å². The van der Waals surface area contributed by atoms with Crippen LogP contribution in [0.25, 0.3) is 0 Å². The van der Waals surface area contributed by atoms with Crippen LogP contribution in [-0.2, 0) is 10.0 Å². The number of carbonyl (C=O) groups excluding carboxylic acids is 1. The van der Waals surface area contributed by atoms with E-state index in [1.807, 2.05) is 30.3 Å². The average Bonchev–Trinajstić information content (AvgIpc) is 2.81. The van der Waals surface area contributed by atoms with Crippen molar-refractivity contribution in [3.05, 3.63) is 60.2 Å². The van der Waals surface area contributed by atoms with Gasteiger partial charge >= 0.3 is 0 Å². The molecule has 1 saturated heterocycles. The summed E-state index contributed by atoms with van der Waals surface area (Å²) in [5.41, 5.74) is 1.51. The van der Waals surface area contributed by atoms with Crippen molar-refractivity contribution in [3.63, 3.8) is 0 Å². The molecule has 2 aromatic rings. The van der Waals surface area contributed by atoms with Gasteiger partial charge in [-0.25, -0.2) is 8.42 Å². The molecule has 1 heterocycles. The van der Waals surface area contributed by atoms with Gasteiger partial charge in [0.25, 0.3) is 5.91 Å². The van der Waals surface area contributed by atoms with E-state index < -0.39 is 10.0 Å². The Bertz CT molecular complexity index is 1000. The summed E-state index contributed by atoms with van der Waals surface area (Å²) in [4.78, 5) is 15.2. The first kappa shape index (κ1) is 21.8. The molecule has 1 aliphatic heterocycles. The fraction of sp³-hybridized carbons (Fsp3) is 0.458. The number of benzene rings is 2. The number of hydrogen-bond acceptors (Lipinski definition) is 4. The Morgan fingerprint density at radius 1 is 0.935 bits per heavy atom. The highest BCUT2D eigenvalue weighted by Gasteiger charge is 2.29. The topological polar surface area (TPSA) is 69.7 Å². The molecule has 0 spiro atoms. The van der Waals surface area contributed by atoms with Gasteiger partial charge < -0.3 is 10.2 Å². The van der Waals surface area contributed by atoms with Crippen molar-refractivity contribution < 1.29 is 13.2 Å². The van der Waals surface area contributed by atoms with Gasteiger partial charge in [-0.05, 0) is 49.1 Å². The van der Waals surface area contributed by atoms with Gasteiger partial charge in [0, 0.05) is 43.5 Å². The van der Waals surface area contributed by atoms with Gasteiger partial charge in [-0.1, -0.05) is 44.0 Å². The Balaban J connectivity index is 1.43. The second-order valence-electron chi connectivity index (χ2n) is 8.60. The summed E-state index contributed by atoms with van der Waals surface area (Å²) in [6.45, 7) is 4.30. The predicted molar refractivity (Wildman–Crippen MR) is 123 cm³/mol. The predicted octanol–water partition coefficient (Wildman–Crippen LogP) is 3.51. The number of sulfonamides is 1. The lowest BCUT2D eigenvalue weighted by Crippen LogP contribution is -2.48. The van der Waals surface area contributed by atoms with Crippen LogP contribution < -0.4 is 10.2 Å². The molecule has 2 fully saturated rings. The Kier molecular flexibility index (Phi) is 6.62. The molecule has 4 rings (SSSR count). The summed E-state index contributed by atoms with van der Waals surface area (Å²) in [6, 6.07) is 16.6. The van der Waals surface area contributed by atoms with Crippen LogP contribution in [-0.4, -0.2) is 50.9 Å². The van der Waals surface area contributed by atoms with Crippen LogP contribution in [0.15, 0.2) is 59.5 Å². The number of nitrogens with one attached hydrogen (secondary N) is 1. The number of rotatable bonds is 5. The number of nitrogens with zero attached hydrogens (tertiary/aromatic N) is 2. The lowest BCUT2D eigenvalue weighted by molar-refractivity contribution is 0.0910. The maximum atomic E-state index is 13.2. The molecule has 1 N–H and O–H groups in total. The third-order valence-corrected chi connectivity index (χ3v) is 8.42. The van der Waals surface area contributed by atoms with E-state index in [1.54, 1.807) is 18.2 Å². The smallest absolute Gasteiger partial charge is 0.251 e. The zero-order valence-electron chi connectivity index (χ0n) is 18.0. The van der Waals surface area contributed by atoms with Gasteiger partial charge in [0.15, 0.2) is 0 Å². The van der Waals surface area contributed by atoms with E-state index in [1.165, 1.54) is 16.8 Å². The second-order valence-corrected chi connectivity index (χ2v) is 10.5. The third-order valence-electron chi connectivity index (χ3n) is 6.52. The summed E-state index contributed by atoms with van der Waals surface area (Å²) < 4.78 is 28.0. The minimum absolute atomic E-state index is 0.160. The van der Waals surface area contributed by atoms with E-state index in [2.05, 4.69) is 17.1 Å². The normalized spacial score (nSPS) is 22.8. The van der Waals surface area contributed by atoms with E-state index in [0.29, 0.717) is 37.7 Å². The van der Waals surface area contributed by atoms with Crippen molar-refractivity contribution in [1.29, 1.82) is 0 Å². The number of anilines is 1. The molecule has 0 bridgehead atoms. The molecule has 2 unspecified atom stereocenters. The van der Waals surface area contributed by atoms with Gasteiger partial charge in [0.2, 0.25) is 10.0 Å². The molecule has 0 aromatic heterocycles. The molecule has 2 atom stereocenters. The van der Waals surface area contributed by atoms with Crippen molar-refractivity contribution in [1.82, 2.24) is 9.62 Å². The molecule has 1 amide bonds. The zero-order chi connectivity index (χ0) is 21.8. The van der Waals surface area contributed by atoms with E-state index in [9.17, 15) is 13.2 Å². The first-order valence-electron chi connectivity index (χ1n) is 11.2. The van der Waals surface area contributed by atoms with Crippen molar-refractivity contribution >= 4 is 21.6 Å². The summed E-state index contributed by atoms with van der Waals surface area (Å²) in [6.07, 6.45) is 4.43. The van der Waals surface area contributed by atoms with Crippen molar-refractivity contribution in [2.75, 3.05) is 31.1 Å². The molecule has 166 valence electrons. The SMILES string of the molecule is CC1CCCCC1NC(=O)c1cccc(S(=O)(=O)N2CCN(c3ccccc3)CC2)c1. The lowest BCUT2D eigenvalue weighted by Gasteiger charge is -2.35. The molecular weight excluding hydrogens is 410 g/mol. The van der Waals surface area contributed by atoms with Crippen molar-refractivity contribution in [2.45, 2.75) is 43.5 Å². The minimum atomic E-state index is -3.64. The number of amides is 1. The van der Waals surface area contributed by atoms with Gasteiger partial charge in [0.1, 0.15) is 0 Å². The summed E-state index contributed by atoms with van der Waals surface area (Å²) in [7, 11) is -3.64. The second kappa shape index (κ2) is 9.40. The van der Waals surface area contributed by atoms with Gasteiger partial charge in [0.05, 0.1) is 4.90 Å². The first-order chi connectivity index (χ1) is 14.9. The number of carbonyl (C=O) groups is 1. The highest BCUT2D eigenvalue weighted by molar-refractivity contribution is 7.89. The van der Waals surface area contributed by atoms with Crippen LogP contribution in [0.1, 0.15) is 43.0 Å². The standard InChI is InChI=1S/C24H31N3O3S/c1-19-8-5-6-13-23(19)25-24(28)20-9-7-12-22(18-20)31(29,30)27-16-14-26(15-17-27)21-10-3-2-4-11-21/h2-4,7,9-12,18-19,23H,5-6,8,13-17H2,1H3,(H,25,28). The zero-order valence-corrected chi connectivity index (χ0v) is 18.9. The highest BCUT2D eigenvalue weighted by atomic mass is 32.2. The molecule has 1 aliphatic carbocycles. The monoisotopic (exact) mass is 441 g/mol. The highest BCUT2D eigenvalue weighted by Crippen LogP contribution is 2.25. The Morgan fingerprint density at radius 3 is 2.35 bits per heavy atom. The van der Waals surface area contributed by atoms with Crippen LogP contribution in [0.2, 0.25) is 0 Å². The van der Waals surface area contributed by atoms with Crippen LogP contribution in [0.5, 0.6) is 0 Å². The molecular formula is C24H31N3O3S. The van der Waals surface area contributed by atoms with Crippen LogP contribution >= 0.6 is 0 Å². The largest absolute Gasteiger partial charge is 0.369 e. The average molecular weight is 442 g/mol. The Morgan fingerprint density at radius 2 is 1.65 bits per heavy atom.